The Balaban J connectivity index is 1.88. The molecule has 0 atom stereocenters. The number of nitrogens with one attached hydrogen (secondary N) is 2. The summed E-state index contributed by atoms with van der Waals surface area (Å²) in [6.45, 7) is 0.0418. The van der Waals surface area contributed by atoms with E-state index in [2.05, 4.69) is 10.4 Å². The first kappa shape index (κ1) is 16.7. The first-order chi connectivity index (χ1) is 11.5. The van der Waals surface area contributed by atoms with Gasteiger partial charge in [-0.3, -0.25) is 19.7 Å². The number of carbonyl (C=O) groups excluding carboxylic acids is 2. The number of furan rings is 1. The van der Waals surface area contributed by atoms with E-state index in [9.17, 15) is 24.8 Å². The van der Waals surface area contributed by atoms with Crippen molar-refractivity contribution in [2.24, 2.45) is 5.10 Å². The van der Waals surface area contributed by atoms with Crippen molar-refractivity contribution in [2.45, 2.75) is 6.54 Å². The Bertz CT molecular complexity index is 785. The molecule has 0 unspecified atom stereocenters. The topological polar surface area (TPSA) is 150 Å². The van der Waals surface area contributed by atoms with Crippen molar-refractivity contribution in [2.75, 3.05) is 0 Å². The summed E-state index contributed by atoms with van der Waals surface area (Å²) in [5.41, 5.74) is 1.57. The molecule has 0 saturated heterocycles. The summed E-state index contributed by atoms with van der Waals surface area (Å²) < 4.78 is 4.99. The molecule has 2 amide bonds. The number of nitrogens with zero attached hydrogens (tertiary/aromatic N) is 2. The van der Waals surface area contributed by atoms with Crippen LogP contribution in [0.3, 0.4) is 0 Å². The van der Waals surface area contributed by atoms with Crippen LogP contribution in [0, 0.1) is 10.1 Å². The van der Waals surface area contributed by atoms with Gasteiger partial charge in [0.1, 0.15) is 5.76 Å². The van der Waals surface area contributed by atoms with Crippen LogP contribution in [0.15, 0.2) is 46.1 Å². The van der Waals surface area contributed by atoms with Gasteiger partial charge in [-0.05, 0) is 17.9 Å². The minimum absolute atomic E-state index is 0.0418. The lowest BCUT2D eigenvalue weighted by molar-refractivity contribution is -0.398. The zero-order valence-electron chi connectivity index (χ0n) is 12.1. The Hall–Kier alpha value is -3.69. The Morgan fingerprint density at radius 1 is 1.29 bits per heavy atom. The smallest absolute Gasteiger partial charge is 0.329 e. The van der Waals surface area contributed by atoms with E-state index >= 15 is 0 Å². The second-order valence-electron chi connectivity index (χ2n) is 4.45. The molecule has 0 aliphatic rings. The van der Waals surface area contributed by atoms with E-state index < -0.39 is 28.2 Å². The highest BCUT2D eigenvalue weighted by atomic mass is 16.6. The molecule has 0 spiro atoms. The zero-order valence-corrected chi connectivity index (χ0v) is 12.1. The number of nitro groups is 1. The van der Waals surface area contributed by atoms with E-state index in [-0.39, 0.29) is 12.1 Å². The third kappa shape index (κ3) is 4.40. The highest BCUT2D eigenvalue weighted by molar-refractivity contribution is 6.35. The summed E-state index contributed by atoms with van der Waals surface area (Å²) in [5, 5.41) is 27.7. The van der Waals surface area contributed by atoms with Crippen molar-refractivity contribution in [3.63, 3.8) is 0 Å². The number of carbonyl (C=O) groups is 2. The molecule has 0 bridgehead atoms. The average Bonchev–Trinajstić information content (AvgIpc) is 3.07. The molecule has 2 rings (SSSR count). The molecular weight excluding hydrogens is 320 g/mol. The van der Waals surface area contributed by atoms with Gasteiger partial charge in [-0.15, -0.1) is 0 Å². The summed E-state index contributed by atoms with van der Waals surface area (Å²) in [4.78, 5) is 32.8. The SMILES string of the molecule is O=C(NCc1ccco1)C(=O)N/N=C\c1ccc([O-])c([N+](=O)[O-])c1. The molecule has 0 aliphatic carbocycles. The van der Waals surface area contributed by atoms with Gasteiger partial charge in [-0.25, -0.2) is 5.43 Å². The van der Waals surface area contributed by atoms with E-state index in [4.69, 9.17) is 4.42 Å². The Morgan fingerprint density at radius 3 is 2.75 bits per heavy atom. The van der Waals surface area contributed by atoms with E-state index in [0.29, 0.717) is 5.76 Å². The number of benzene rings is 1. The fraction of sp³-hybridized carbons (Fsp3) is 0.0714. The van der Waals surface area contributed by atoms with Gasteiger partial charge in [0.2, 0.25) is 0 Å². The fourth-order valence-electron chi connectivity index (χ4n) is 1.63. The van der Waals surface area contributed by atoms with Crippen molar-refractivity contribution >= 4 is 23.7 Å². The normalized spacial score (nSPS) is 10.5. The molecule has 1 heterocycles. The van der Waals surface area contributed by atoms with Gasteiger partial charge in [0.05, 0.1) is 23.9 Å². The van der Waals surface area contributed by atoms with Crippen molar-refractivity contribution in [1.29, 1.82) is 0 Å². The maximum Gasteiger partial charge on any atom is 0.329 e. The fourth-order valence-corrected chi connectivity index (χ4v) is 1.63. The van der Waals surface area contributed by atoms with Crippen LogP contribution in [-0.2, 0) is 16.1 Å². The summed E-state index contributed by atoms with van der Waals surface area (Å²) in [6.07, 6.45) is 2.50. The maximum atomic E-state index is 11.5. The third-order valence-corrected chi connectivity index (χ3v) is 2.77. The molecule has 0 aliphatic heterocycles. The zero-order chi connectivity index (χ0) is 17.5. The molecule has 10 nitrogen and oxygen atoms in total. The van der Waals surface area contributed by atoms with Crippen LogP contribution in [0.1, 0.15) is 11.3 Å². The first-order valence-corrected chi connectivity index (χ1v) is 6.56. The van der Waals surface area contributed by atoms with Crippen molar-refractivity contribution < 1.29 is 24.0 Å². The number of amides is 2. The van der Waals surface area contributed by atoms with E-state index in [0.717, 1.165) is 18.3 Å². The Kier molecular flexibility index (Phi) is 5.24. The van der Waals surface area contributed by atoms with Crippen LogP contribution in [-0.4, -0.2) is 23.0 Å². The molecule has 1 aromatic heterocycles. The summed E-state index contributed by atoms with van der Waals surface area (Å²) in [6, 6.07) is 6.58. The molecule has 10 heteroatoms. The third-order valence-electron chi connectivity index (χ3n) is 2.77. The monoisotopic (exact) mass is 331 g/mol. The second-order valence-corrected chi connectivity index (χ2v) is 4.45. The van der Waals surface area contributed by atoms with Gasteiger partial charge in [-0.1, -0.05) is 12.1 Å². The minimum Gasteiger partial charge on any atom is -0.868 e. The number of rotatable bonds is 5. The summed E-state index contributed by atoms with van der Waals surface area (Å²) >= 11 is 0. The highest BCUT2D eigenvalue weighted by Crippen LogP contribution is 2.22. The van der Waals surface area contributed by atoms with Crippen LogP contribution in [0.25, 0.3) is 0 Å². The number of nitro benzene ring substituents is 1. The van der Waals surface area contributed by atoms with Crippen molar-refractivity contribution in [1.82, 2.24) is 10.7 Å². The standard InChI is InChI=1S/C14H12N4O6/c19-12-4-3-9(6-11(12)18(22)23)7-16-17-14(21)13(20)15-8-10-2-1-5-24-10/h1-7,19H,8H2,(H,15,20)(H,17,21)/p-1/b16-7-. The van der Waals surface area contributed by atoms with E-state index in [1.165, 1.54) is 12.3 Å². The van der Waals surface area contributed by atoms with Crippen LogP contribution in [0.2, 0.25) is 0 Å². The molecule has 124 valence electrons. The van der Waals surface area contributed by atoms with Gasteiger partial charge in [0.15, 0.2) is 0 Å². The lowest BCUT2D eigenvalue weighted by atomic mass is 10.2. The number of hydrogen-bond acceptors (Lipinski definition) is 7. The lowest BCUT2D eigenvalue weighted by Crippen LogP contribution is -2.37. The van der Waals surface area contributed by atoms with Crippen LogP contribution >= 0.6 is 0 Å². The van der Waals surface area contributed by atoms with Crippen molar-refractivity contribution in [3.8, 4) is 5.75 Å². The van der Waals surface area contributed by atoms with Gasteiger partial charge in [0, 0.05) is 11.6 Å². The highest BCUT2D eigenvalue weighted by Gasteiger charge is 2.12. The first-order valence-electron chi connectivity index (χ1n) is 6.56. The predicted octanol–water partition coefficient (Wildman–Crippen LogP) is 0.0279. The molecule has 0 radical (unpaired) electrons. The van der Waals surface area contributed by atoms with Crippen molar-refractivity contribution in [3.05, 3.63) is 58.0 Å². The molecule has 2 N–H and O–H groups in total. The van der Waals surface area contributed by atoms with Gasteiger partial charge >= 0.3 is 11.8 Å². The Morgan fingerprint density at radius 2 is 2.08 bits per heavy atom. The van der Waals surface area contributed by atoms with Gasteiger partial charge in [0.25, 0.3) is 5.69 Å². The number of hydrogen-bond donors (Lipinski definition) is 2. The molecular formula is C14H11N4O6-. The van der Waals surface area contributed by atoms with Crippen LogP contribution < -0.4 is 15.8 Å². The quantitative estimate of drug-likeness (QED) is 0.341. The minimum atomic E-state index is -1.02. The molecule has 1 aromatic carbocycles. The number of hydrazone groups is 1. The van der Waals surface area contributed by atoms with Crippen LogP contribution in [0.5, 0.6) is 5.75 Å². The largest absolute Gasteiger partial charge is 0.868 e. The van der Waals surface area contributed by atoms with E-state index in [1.807, 2.05) is 5.43 Å². The Labute approximate surface area is 134 Å². The lowest BCUT2D eigenvalue weighted by Gasteiger charge is -2.06. The maximum absolute atomic E-state index is 11.5. The molecule has 2 aromatic rings. The van der Waals surface area contributed by atoms with Gasteiger partial charge in [-0.2, -0.15) is 5.10 Å². The second kappa shape index (κ2) is 7.54. The molecule has 0 saturated carbocycles. The predicted molar refractivity (Wildman–Crippen MR) is 78.8 cm³/mol. The summed E-state index contributed by atoms with van der Waals surface area (Å²) in [7, 11) is 0. The van der Waals surface area contributed by atoms with Crippen LogP contribution in [0.4, 0.5) is 5.69 Å². The van der Waals surface area contributed by atoms with E-state index in [1.54, 1.807) is 12.1 Å². The molecule has 24 heavy (non-hydrogen) atoms. The summed E-state index contributed by atoms with van der Waals surface area (Å²) in [5.74, 6) is -2.21. The average molecular weight is 331 g/mol. The molecule has 0 fully saturated rings. The van der Waals surface area contributed by atoms with Gasteiger partial charge < -0.3 is 14.8 Å².